The van der Waals surface area contributed by atoms with Crippen LogP contribution in [0.25, 0.3) is 0 Å². The molecule has 0 spiro atoms. The molecule has 0 aliphatic carbocycles. The molecular formula is C15H31N3O. The Hall–Kier alpha value is -0.610. The van der Waals surface area contributed by atoms with Crippen molar-refractivity contribution < 1.29 is 4.79 Å². The summed E-state index contributed by atoms with van der Waals surface area (Å²) in [4.78, 5) is 14.8. The first kappa shape index (κ1) is 16.4. The van der Waals surface area contributed by atoms with Gasteiger partial charge in [-0.1, -0.05) is 20.8 Å². The Morgan fingerprint density at radius 3 is 2.53 bits per heavy atom. The fraction of sp³-hybridized carbons (Fsp3) is 0.933. The van der Waals surface area contributed by atoms with Crippen LogP contribution in [0, 0.1) is 11.3 Å². The van der Waals surface area contributed by atoms with Crippen LogP contribution in [0.15, 0.2) is 0 Å². The zero-order valence-corrected chi connectivity index (χ0v) is 13.3. The van der Waals surface area contributed by atoms with Crippen LogP contribution < -0.4 is 10.6 Å². The first-order chi connectivity index (χ1) is 8.89. The third-order valence-corrected chi connectivity index (χ3v) is 4.08. The third kappa shape index (κ3) is 4.77. The lowest BCUT2D eigenvalue weighted by Gasteiger charge is -2.30. The van der Waals surface area contributed by atoms with Crippen molar-refractivity contribution >= 4 is 5.91 Å². The summed E-state index contributed by atoms with van der Waals surface area (Å²) in [5, 5.41) is 6.62. The van der Waals surface area contributed by atoms with Gasteiger partial charge in [0, 0.05) is 19.1 Å². The molecule has 1 aliphatic rings. The number of hydrogen-bond acceptors (Lipinski definition) is 3. The first-order valence-corrected chi connectivity index (χ1v) is 7.56. The van der Waals surface area contributed by atoms with Gasteiger partial charge in [-0.15, -0.1) is 0 Å². The van der Waals surface area contributed by atoms with Crippen LogP contribution in [0.3, 0.4) is 0 Å². The minimum atomic E-state index is -0.179. The minimum absolute atomic E-state index is 0.179. The molecule has 0 bridgehead atoms. The monoisotopic (exact) mass is 269 g/mol. The molecule has 2 atom stereocenters. The quantitative estimate of drug-likeness (QED) is 0.735. The fourth-order valence-corrected chi connectivity index (χ4v) is 2.93. The summed E-state index contributed by atoms with van der Waals surface area (Å²) in [6.45, 7) is 9.24. The lowest BCUT2D eigenvalue weighted by Crippen LogP contribution is -2.49. The van der Waals surface area contributed by atoms with E-state index >= 15 is 0 Å². The van der Waals surface area contributed by atoms with Crippen LogP contribution >= 0.6 is 0 Å². The number of nitrogens with zero attached hydrogens (tertiary/aromatic N) is 1. The molecule has 1 heterocycles. The molecule has 1 rings (SSSR count). The molecule has 2 N–H and O–H groups in total. The molecule has 0 aromatic carbocycles. The van der Waals surface area contributed by atoms with E-state index in [2.05, 4.69) is 50.4 Å². The summed E-state index contributed by atoms with van der Waals surface area (Å²) in [6, 6.07) is 0.256. The Kier molecular flexibility index (Phi) is 6.27. The summed E-state index contributed by atoms with van der Waals surface area (Å²) in [5.41, 5.74) is -0.179. The molecule has 1 aliphatic heterocycles. The van der Waals surface area contributed by atoms with Crippen molar-refractivity contribution in [3.8, 4) is 0 Å². The Morgan fingerprint density at radius 1 is 1.42 bits per heavy atom. The van der Waals surface area contributed by atoms with E-state index in [4.69, 9.17) is 0 Å². The highest BCUT2D eigenvalue weighted by atomic mass is 16.2. The van der Waals surface area contributed by atoms with Crippen LogP contribution in [0.4, 0.5) is 0 Å². The molecular weight excluding hydrogens is 238 g/mol. The van der Waals surface area contributed by atoms with Gasteiger partial charge in [0.1, 0.15) is 0 Å². The second-order valence-electron chi connectivity index (χ2n) is 6.62. The topological polar surface area (TPSA) is 44.4 Å². The van der Waals surface area contributed by atoms with Crippen LogP contribution in [-0.2, 0) is 4.79 Å². The molecule has 0 aromatic rings. The van der Waals surface area contributed by atoms with E-state index in [1.54, 1.807) is 0 Å². The second kappa shape index (κ2) is 7.25. The van der Waals surface area contributed by atoms with Crippen LogP contribution in [0.5, 0.6) is 0 Å². The van der Waals surface area contributed by atoms with Crippen LogP contribution in [0.2, 0.25) is 0 Å². The van der Waals surface area contributed by atoms with Gasteiger partial charge >= 0.3 is 0 Å². The Bertz CT molecular complexity index is 273. The number of amides is 1. The van der Waals surface area contributed by atoms with Crippen LogP contribution in [-0.4, -0.2) is 50.6 Å². The summed E-state index contributed by atoms with van der Waals surface area (Å²) < 4.78 is 0. The standard InChI is InChI=1S/C15H31N3O/c1-6-15(7-8-16-11-15)14(19)17-13(9-12(2)3)10-18(4)5/h12-13,16H,6-11H2,1-5H3,(H,17,19). The maximum atomic E-state index is 12.6. The maximum Gasteiger partial charge on any atom is 0.227 e. The van der Waals surface area contributed by atoms with Gasteiger partial charge in [-0.2, -0.15) is 0 Å². The van der Waals surface area contributed by atoms with E-state index in [1.807, 2.05) is 0 Å². The molecule has 0 radical (unpaired) electrons. The summed E-state index contributed by atoms with van der Waals surface area (Å²) in [7, 11) is 4.12. The van der Waals surface area contributed by atoms with Crippen molar-refractivity contribution in [2.75, 3.05) is 33.7 Å². The Morgan fingerprint density at radius 2 is 2.11 bits per heavy atom. The number of likely N-dealkylation sites (N-methyl/N-ethyl adjacent to an activating group) is 1. The Balaban J connectivity index is 2.63. The van der Waals surface area contributed by atoms with Crippen molar-refractivity contribution in [2.45, 2.75) is 46.1 Å². The van der Waals surface area contributed by atoms with Gasteiger partial charge in [-0.05, 0) is 45.8 Å². The molecule has 1 amide bonds. The van der Waals surface area contributed by atoms with E-state index in [9.17, 15) is 4.79 Å². The maximum absolute atomic E-state index is 12.6. The van der Waals surface area contributed by atoms with Gasteiger partial charge in [0.15, 0.2) is 0 Å². The highest BCUT2D eigenvalue weighted by Crippen LogP contribution is 2.29. The highest BCUT2D eigenvalue weighted by Gasteiger charge is 2.40. The van der Waals surface area contributed by atoms with Crippen molar-refractivity contribution in [3.05, 3.63) is 0 Å². The van der Waals surface area contributed by atoms with Gasteiger partial charge in [0.05, 0.1) is 5.41 Å². The van der Waals surface area contributed by atoms with E-state index in [-0.39, 0.29) is 17.4 Å². The minimum Gasteiger partial charge on any atom is -0.352 e. The third-order valence-electron chi connectivity index (χ3n) is 4.08. The molecule has 4 heteroatoms. The predicted molar refractivity (Wildman–Crippen MR) is 80.2 cm³/mol. The first-order valence-electron chi connectivity index (χ1n) is 7.56. The van der Waals surface area contributed by atoms with Gasteiger partial charge in [0.25, 0.3) is 0 Å². The smallest absolute Gasteiger partial charge is 0.227 e. The van der Waals surface area contributed by atoms with E-state index in [0.29, 0.717) is 5.92 Å². The summed E-state index contributed by atoms with van der Waals surface area (Å²) in [6.07, 6.45) is 2.92. The summed E-state index contributed by atoms with van der Waals surface area (Å²) >= 11 is 0. The van der Waals surface area contributed by atoms with E-state index in [1.165, 1.54) is 0 Å². The zero-order valence-electron chi connectivity index (χ0n) is 13.3. The number of carbonyl (C=O) groups excluding carboxylic acids is 1. The average molecular weight is 269 g/mol. The largest absolute Gasteiger partial charge is 0.352 e. The van der Waals surface area contributed by atoms with Crippen LogP contribution in [0.1, 0.15) is 40.0 Å². The molecule has 1 saturated heterocycles. The molecule has 112 valence electrons. The van der Waals surface area contributed by atoms with Gasteiger partial charge < -0.3 is 15.5 Å². The number of hydrogen-bond donors (Lipinski definition) is 2. The predicted octanol–water partition coefficient (Wildman–Crippen LogP) is 1.47. The molecule has 0 aromatic heterocycles. The molecule has 0 saturated carbocycles. The van der Waals surface area contributed by atoms with Crippen molar-refractivity contribution in [1.29, 1.82) is 0 Å². The molecule has 19 heavy (non-hydrogen) atoms. The van der Waals surface area contributed by atoms with Gasteiger partial charge in [0.2, 0.25) is 5.91 Å². The number of nitrogens with one attached hydrogen (secondary N) is 2. The lowest BCUT2D eigenvalue weighted by molar-refractivity contribution is -0.131. The second-order valence-corrected chi connectivity index (χ2v) is 6.62. The van der Waals surface area contributed by atoms with Crippen molar-refractivity contribution in [2.24, 2.45) is 11.3 Å². The molecule has 4 nitrogen and oxygen atoms in total. The molecule has 2 unspecified atom stereocenters. The lowest BCUT2D eigenvalue weighted by atomic mass is 9.83. The summed E-state index contributed by atoms with van der Waals surface area (Å²) in [5.74, 6) is 0.844. The number of rotatable bonds is 7. The zero-order chi connectivity index (χ0) is 14.5. The average Bonchev–Trinajstić information content (AvgIpc) is 2.76. The van der Waals surface area contributed by atoms with E-state index in [0.717, 1.165) is 38.9 Å². The SMILES string of the molecule is CCC1(C(=O)NC(CC(C)C)CN(C)C)CCNC1. The normalized spacial score (nSPS) is 25.0. The highest BCUT2D eigenvalue weighted by molar-refractivity contribution is 5.83. The van der Waals surface area contributed by atoms with Crippen molar-refractivity contribution in [3.63, 3.8) is 0 Å². The Labute approximate surface area is 118 Å². The van der Waals surface area contributed by atoms with Crippen molar-refractivity contribution in [1.82, 2.24) is 15.5 Å². The van der Waals surface area contributed by atoms with Gasteiger partial charge in [-0.25, -0.2) is 0 Å². The molecule has 1 fully saturated rings. The number of carbonyl (C=O) groups is 1. The van der Waals surface area contributed by atoms with Gasteiger partial charge in [-0.3, -0.25) is 4.79 Å². The van der Waals surface area contributed by atoms with E-state index < -0.39 is 0 Å². The fourth-order valence-electron chi connectivity index (χ4n) is 2.93.